The number of urea groups is 1. The Labute approximate surface area is 132 Å². The van der Waals surface area contributed by atoms with E-state index in [0.29, 0.717) is 10.9 Å². The molecule has 0 radical (unpaired) electrons. The molecule has 2 aromatic rings. The molecule has 122 valence electrons. The first kappa shape index (κ1) is 15.3. The van der Waals surface area contributed by atoms with Crippen molar-refractivity contribution < 1.29 is 4.79 Å². The summed E-state index contributed by atoms with van der Waals surface area (Å²) >= 11 is 0. The monoisotopic (exact) mass is 316 g/mol. The lowest BCUT2D eigenvalue weighted by atomic mass is 9.96. The number of benzene rings is 1. The van der Waals surface area contributed by atoms with Gasteiger partial charge in [0, 0.05) is 6.04 Å². The minimum absolute atomic E-state index is 0.155. The minimum atomic E-state index is -0.535. The van der Waals surface area contributed by atoms with E-state index >= 15 is 0 Å². The van der Waals surface area contributed by atoms with Crippen LogP contribution in [-0.2, 0) is 6.67 Å². The lowest BCUT2D eigenvalue weighted by Crippen LogP contribution is -2.47. The van der Waals surface area contributed by atoms with Gasteiger partial charge >= 0.3 is 11.7 Å². The summed E-state index contributed by atoms with van der Waals surface area (Å²) < 4.78 is 0.989. The van der Waals surface area contributed by atoms with Gasteiger partial charge in [-0.3, -0.25) is 4.79 Å². The third-order valence-electron chi connectivity index (χ3n) is 4.23. The number of para-hydroxylation sites is 1. The summed E-state index contributed by atoms with van der Waals surface area (Å²) in [6, 6.07) is 6.62. The van der Waals surface area contributed by atoms with Crippen molar-refractivity contribution in [2.45, 2.75) is 44.8 Å². The van der Waals surface area contributed by atoms with Crippen molar-refractivity contribution in [2.24, 2.45) is 0 Å². The maximum Gasteiger partial charge on any atom is 0.330 e. The van der Waals surface area contributed by atoms with E-state index in [4.69, 9.17) is 0 Å². The van der Waals surface area contributed by atoms with Crippen LogP contribution in [0.1, 0.15) is 32.1 Å². The van der Waals surface area contributed by atoms with Crippen molar-refractivity contribution in [3.8, 4) is 0 Å². The van der Waals surface area contributed by atoms with Crippen molar-refractivity contribution in [2.75, 3.05) is 0 Å². The SMILES string of the molecule is O=C(NCn1c(=O)[nH]c2ccccc2c1=O)NC1CCCCC1. The molecule has 1 aliphatic carbocycles. The van der Waals surface area contributed by atoms with E-state index in [2.05, 4.69) is 15.6 Å². The van der Waals surface area contributed by atoms with Crippen LogP contribution in [0.5, 0.6) is 0 Å². The van der Waals surface area contributed by atoms with Crippen molar-refractivity contribution in [3.63, 3.8) is 0 Å². The molecule has 3 N–H and O–H groups in total. The zero-order valence-corrected chi connectivity index (χ0v) is 12.8. The van der Waals surface area contributed by atoms with Gasteiger partial charge in [0.2, 0.25) is 0 Å². The first-order valence-corrected chi connectivity index (χ1v) is 7.91. The summed E-state index contributed by atoms with van der Waals surface area (Å²) in [7, 11) is 0. The van der Waals surface area contributed by atoms with Crippen LogP contribution in [0.4, 0.5) is 4.79 Å². The van der Waals surface area contributed by atoms with Crippen LogP contribution in [-0.4, -0.2) is 21.6 Å². The van der Waals surface area contributed by atoms with E-state index in [0.717, 1.165) is 30.3 Å². The molecule has 3 rings (SSSR count). The topological polar surface area (TPSA) is 96.0 Å². The van der Waals surface area contributed by atoms with E-state index in [-0.39, 0.29) is 18.7 Å². The maximum atomic E-state index is 12.3. The van der Waals surface area contributed by atoms with E-state index < -0.39 is 11.2 Å². The fourth-order valence-electron chi connectivity index (χ4n) is 2.98. The summed E-state index contributed by atoms with van der Waals surface area (Å²) in [5.74, 6) is 0. The highest BCUT2D eigenvalue weighted by molar-refractivity contribution is 5.77. The molecule has 1 heterocycles. The molecule has 1 fully saturated rings. The summed E-state index contributed by atoms with van der Waals surface area (Å²) in [4.78, 5) is 38.9. The number of hydrogen-bond acceptors (Lipinski definition) is 3. The smallest absolute Gasteiger partial charge is 0.330 e. The van der Waals surface area contributed by atoms with Gasteiger partial charge in [0.15, 0.2) is 0 Å². The number of aromatic nitrogens is 2. The lowest BCUT2D eigenvalue weighted by Gasteiger charge is -2.22. The molecular formula is C16H20N4O3. The van der Waals surface area contributed by atoms with Gasteiger partial charge in [-0.1, -0.05) is 31.4 Å². The van der Waals surface area contributed by atoms with Gasteiger partial charge in [0.25, 0.3) is 5.56 Å². The number of aromatic amines is 1. The first-order chi connectivity index (χ1) is 11.1. The molecule has 1 aromatic heterocycles. The Morgan fingerprint density at radius 1 is 1.17 bits per heavy atom. The molecule has 0 saturated heterocycles. The Hall–Kier alpha value is -2.57. The average molecular weight is 316 g/mol. The number of carbonyl (C=O) groups excluding carboxylic acids is 1. The predicted molar refractivity (Wildman–Crippen MR) is 87.4 cm³/mol. The number of nitrogens with zero attached hydrogens (tertiary/aromatic N) is 1. The number of H-pyrrole nitrogens is 1. The molecule has 1 aromatic carbocycles. The zero-order valence-electron chi connectivity index (χ0n) is 12.8. The number of nitrogens with one attached hydrogen (secondary N) is 3. The second kappa shape index (κ2) is 6.68. The highest BCUT2D eigenvalue weighted by atomic mass is 16.2. The van der Waals surface area contributed by atoms with Gasteiger partial charge < -0.3 is 15.6 Å². The van der Waals surface area contributed by atoms with E-state index in [1.807, 2.05) is 0 Å². The molecule has 0 spiro atoms. The molecule has 1 aliphatic rings. The van der Waals surface area contributed by atoms with Crippen LogP contribution in [0.3, 0.4) is 0 Å². The van der Waals surface area contributed by atoms with Gasteiger partial charge in [-0.25, -0.2) is 14.2 Å². The maximum absolute atomic E-state index is 12.3. The largest absolute Gasteiger partial charge is 0.335 e. The summed E-state index contributed by atoms with van der Waals surface area (Å²) in [5, 5.41) is 5.89. The zero-order chi connectivity index (χ0) is 16.2. The molecule has 0 bridgehead atoms. The average Bonchev–Trinajstić information content (AvgIpc) is 2.55. The highest BCUT2D eigenvalue weighted by Gasteiger charge is 2.15. The van der Waals surface area contributed by atoms with Crippen molar-refractivity contribution >= 4 is 16.9 Å². The number of fused-ring (bicyclic) bond motifs is 1. The van der Waals surface area contributed by atoms with Gasteiger partial charge in [0.05, 0.1) is 10.9 Å². The quantitative estimate of drug-likeness (QED) is 0.796. The third kappa shape index (κ3) is 3.44. The van der Waals surface area contributed by atoms with Crippen molar-refractivity contribution in [3.05, 3.63) is 45.1 Å². The van der Waals surface area contributed by atoms with E-state index in [1.165, 1.54) is 6.42 Å². The summed E-state index contributed by atoms with van der Waals surface area (Å²) in [5.41, 5.74) is -0.459. The number of hydrogen-bond donors (Lipinski definition) is 3. The molecule has 0 unspecified atom stereocenters. The molecule has 1 saturated carbocycles. The van der Waals surface area contributed by atoms with Gasteiger partial charge in [-0.05, 0) is 25.0 Å². The van der Waals surface area contributed by atoms with Crippen LogP contribution < -0.4 is 21.9 Å². The summed E-state index contributed by atoms with van der Waals surface area (Å²) in [6.07, 6.45) is 5.40. The molecule has 2 amide bonds. The Bertz CT molecular complexity index is 818. The standard InChI is InChI=1S/C16H20N4O3/c21-14-12-8-4-5-9-13(12)19-16(23)20(14)10-17-15(22)18-11-6-2-1-3-7-11/h4-5,8-9,11H,1-3,6-7,10H2,(H,19,23)(H2,17,18,22). The number of amides is 2. The van der Waals surface area contributed by atoms with Gasteiger partial charge in [0.1, 0.15) is 6.67 Å². The van der Waals surface area contributed by atoms with E-state index in [9.17, 15) is 14.4 Å². The molecule has 7 heteroatoms. The molecule has 23 heavy (non-hydrogen) atoms. The molecule has 0 aliphatic heterocycles. The Morgan fingerprint density at radius 2 is 1.91 bits per heavy atom. The normalized spacial score (nSPS) is 15.5. The molecule has 7 nitrogen and oxygen atoms in total. The first-order valence-electron chi connectivity index (χ1n) is 7.91. The summed E-state index contributed by atoms with van der Waals surface area (Å²) in [6.45, 7) is -0.155. The Kier molecular flexibility index (Phi) is 4.45. The lowest BCUT2D eigenvalue weighted by molar-refractivity contribution is 0.229. The van der Waals surface area contributed by atoms with Crippen LogP contribution in [0.15, 0.2) is 33.9 Å². The van der Waals surface area contributed by atoms with Crippen LogP contribution in [0.2, 0.25) is 0 Å². The van der Waals surface area contributed by atoms with Crippen LogP contribution >= 0.6 is 0 Å². The van der Waals surface area contributed by atoms with Crippen LogP contribution in [0.25, 0.3) is 10.9 Å². The fraction of sp³-hybridized carbons (Fsp3) is 0.438. The Morgan fingerprint density at radius 3 is 2.70 bits per heavy atom. The highest BCUT2D eigenvalue weighted by Crippen LogP contribution is 2.17. The minimum Gasteiger partial charge on any atom is -0.335 e. The molecular weight excluding hydrogens is 296 g/mol. The Balaban J connectivity index is 1.70. The van der Waals surface area contributed by atoms with E-state index in [1.54, 1.807) is 24.3 Å². The second-order valence-electron chi connectivity index (χ2n) is 5.85. The number of rotatable bonds is 3. The fourth-order valence-corrected chi connectivity index (χ4v) is 2.98. The second-order valence-corrected chi connectivity index (χ2v) is 5.85. The van der Waals surface area contributed by atoms with Gasteiger partial charge in [-0.2, -0.15) is 0 Å². The third-order valence-corrected chi connectivity index (χ3v) is 4.23. The van der Waals surface area contributed by atoms with Gasteiger partial charge in [-0.15, -0.1) is 0 Å². The number of carbonyl (C=O) groups is 1. The predicted octanol–water partition coefficient (Wildman–Crippen LogP) is 1.28. The van der Waals surface area contributed by atoms with Crippen molar-refractivity contribution in [1.82, 2.24) is 20.2 Å². The van der Waals surface area contributed by atoms with Crippen LogP contribution in [0, 0.1) is 0 Å². The molecule has 0 atom stereocenters. The van der Waals surface area contributed by atoms with Crippen molar-refractivity contribution in [1.29, 1.82) is 0 Å².